The molecule has 182 valence electrons. The van der Waals surface area contributed by atoms with E-state index in [1.54, 1.807) is 0 Å². The second-order valence-corrected chi connectivity index (χ2v) is 10.1. The lowest BCUT2D eigenvalue weighted by molar-refractivity contribution is -0.147. The van der Waals surface area contributed by atoms with E-state index in [9.17, 15) is 14.4 Å². The minimum Gasteiger partial charge on any atom is -0.447 e. The maximum Gasteiger partial charge on any atom is 0.416 e. The molecule has 1 aromatic carbocycles. The Labute approximate surface area is 203 Å². The van der Waals surface area contributed by atoms with E-state index in [1.807, 2.05) is 31.7 Å². The SMILES string of the molecule is C[C@@H]1CN2c3c(cc4c(N5C(=O)OC[C@@H]5C)noc4c3Cl)CC34C(=O)NC(=O)NC3=N[C@]24[C@H](C)O1. The molecule has 5 aliphatic heterocycles. The number of ether oxygens (including phenoxy) is 2. The van der Waals surface area contributed by atoms with Crippen molar-refractivity contribution in [1.82, 2.24) is 15.8 Å². The fraction of sp³-hybridized carbons (Fsp3) is 0.500. The fourth-order valence-electron chi connectivity index (χ4n) is 6.39. The van der Waals surface area contributed by atoms with E-state index in [0.29, 0.717) is 39.9 Å². The number of cyclic esters (lactones) is 1. The Morgan fingerprint density at radius 3 is 2.71 bits per heavy atom. The zero-order valence-corrected chi connectivity index (χ0v) is 19.8. The first-order chi connectivity index (χ1) is 16.7. The van der Waals surface area contributed by atoms with E-state index >= 15 is 0 Å². The molecule has 6 heterocycles. The van der Waals surface area contributed by atoms with Crippen molar-refractivity contribution in [3.63, 3.8) is 0 Å². The van der Waals surface area contributed by atoms with E-state index in [0.717, 1.165) is 5.56 Å². The summed E-state index contributed by atoms with van der Waals surface area (Å²) in [6, 6.07) is 1.01. The molecule has 2 aromatic rings. The van der Waals surface area contributed by atoms with Crippen LogP contribution in [-0.4, -0.2) is 66.1 Å². The Hall–Kier alpha value is -3.38. The highest BCUT2D eigenvalue weighted by Gasteiger charge is 2.77. The number of amidine groups is 1. The summed E-state index contributed by atoms with van der Waals surface area (Å²) >= 11 is 6.96. The predicted octanol–water partition coefficient (Wildman–Crippen LogP) is 1.93. The number of hydrogen-bond donors (Lipinski definition) is 2. The number of benzene rings is 1. The molecule has 12 nitrogen and oxygen atoms in total. The summed E-state index contributed by atoms with van der Waals surface area (Å²) < 4.78 is 17.0. The molecule has 2 spiro atoms. The molecule has 3 saturated heterocycles. The van der Waals surface area contributed by atoms with Crippen LogP contribution in [0.3, 0.4) is 0 Å². The molecule has 0 bridgehead atoms. The number of imide groups is 1. The molecule has 2 N–H and O–H groups in total. The number of nitrogens with zero attached hydrogens (tertiary/aromatic N) is 4. The lowest BCUT2D eigenvalue weighted by Gasteiger charge is -2.67. The number of halogens is 1. The van der Waals surface area contributed by atoms with Gasteiger partial charge in [-0.05, 0) is 32.4 Å². The molecule has 1 aromatic heterocycles. The second-order valence-electron chi connectivity index (χ2n) is 9.75. The van der Waals surface area contributed by atoms with Crippen molar-refractivity contribution in [2.45, 2.75) is 51.1 Å². The number of amides is 4. The number of morpholine rings is 1. The van der Waals surface area contributed by atoms with Crippen LogP contribution in [0, 0.1) is 5.41 Å². The number of fused-ring (bicyclic) bond motifs is 3. The molecule has 5 aliphatic rings. The van der Waals surface area contributed by atoms with Gasteiger partial charge in [0.15, 0.2) is 22.5 Å². The molecule has 35 heavy (non-hydrogen) atoms. The first kappa shape index (κ1) is 20.9. The van der Waals surface area contributed by atoms with Gasteiger partial charge in [0.1, 0.15) is 23.6 Å². The number of aliphatic imine (C=N–C) groups is 1. The highest BCUT2D eigenvalue weighted by atomic mass is 35.5. The predicted molar refractivity (Wildman–Crippen MR) is 123 cm³/mol. The molecule has 0 saturated carbocycles. The van der Waals surface area contributed by atoms with E-state index in [1.165, 1.54) is 4.90 Å². The summed E-state index contributed by atoms with van der Waals surface area (Å²) in [7, 11) is 0. The van der Waals surface area contributed by atoms with Crippen LogP contribution in [0.5, 0.6) is 0 Å². The zero-order chi connectivity index (χ0) is 24.4. The van der Waals surface area contributed by atoms with Crippen LogP contribution >= 0.6 is 11.6 Å². The third-order valence-electron chi connectivity index (χ3n) is 7.79. The number of nitrogens with one attached hydrogen (secondary N) is 2. The summed E-state index contributed by atoms with van der Waals surface area (Å²) in [5, 5.41) is 10.1. The van der Waals surface area contributed by atoms with Gasteiger partial charge < -0.3 is 18.9 Å². The van der Waals surface area contributed by atoms with Crippen molar-refractivity contribution in [3.05, 3.63) is 16.7 Å². The van der Waals surface area contributed by atoms with Gasteiger partial charge >= 0.3 is 12.1 Å². The number of rotatable bonds is 1. The molecular weight excluding hydrogens is 480 g/mol. The topological polar surface area (TPSA) is 139 Å². The molecule has 4 amide bonds. The Kier molecular flexibility index (Phi) is 3.85. The maximum absolute atomic E-state index is 13.5. The number of aromatic nitrogens is 1. The molecule has 7 rings (SSSR count). The quantitative estimate of drug-likeness (QED) is 0.605. The fourth-order valence-corrected chi connectivity index (χ4v) is 6.75. The molecule has 0 radical (unpaired) electrons. The maximum atomic E-state index is 13.5. The van der Waals surface area contributed by atoms with Crippen molar-refractivity contribution in [1.29, 1.82) is 0 Å². The molecule has 13 heteroatoms. The average Bonchev–Trinajstić information content (AvgIpc) is 3.33. The first-order valence-electron chi connectivity index (χ1n) is 11.4. The van der Waals surface area contributed by atoms with Crippen molar-refractivity contribution in [2.75, 3.05) is 23.0 Å². The van der Waals surface area contributed by atoms with Crippen molar-refractivity contribution >= 4 is 57.9 Å². The van der Waals surface area contributed by atoms with Gasteiger partial charge in [0.2, 0.25) is 5.91 Å². The second kappa shape index (κ2) is 6.43. The number of hydrogen-bond acceptors (Lipinski definition) is 9. The lowest BCUT2D eigenvalue weighted by Crippen LogP contribution is -2.86. The van der Waals surface area contributed by atoms with Crippen molar-refractivity contribution in [3.8, 4) is 0 Å². The van der Waals surface area contributed by atoms with Crippen molar-refractivity contribution in [2.24, 2.45) is 10.4 Å². The minimum atomic E-state index is -1.18. The van der Waals surface area contributed by atoms with Gasteiger partial charge in [0.05, 0.1) is 23.2 Å². The molecular formula is C22H21ClN6O6. The third-order valence-corrected chi connectivity index (χ3v) is 8.14. The summed E-state index contributed by atoms with van der Waals surface area (Å²) in [6.45, 7) is 6.31. The zero-order valence-electron chi connectivity index (χ0n) is 19.0. The van der Waals surface area contributed by atoms with E-state index in [-0.39, 0.29) is 25.2 Å². The van der Waals surface area contributed by atoms with Gasteiger partial charge in [0, 0.05) is 13.0 Å². The van der Waals surface area contributed by atoms with Gasteiger partial charge in [-0.3, -0.25) is 20.3 Å². The number of carbonyl (C=O) groups is 3. The monoisotopic (exact) mass is 500 g/mol. The summed E-state index contributed by atoms with van der Waals surface area (Å²) in [5.41, 5.74) is -0.508. The Balaban J connectivity index is 1.48. The van der Waals surface area contributed by atoms with Crippen LogP contribution in [-0.2, 0) is 20.7 Å². The van der Waals surface area contributed by atoms with E-state index in [2.05, 4.69) is 15.8 Å². The Bertz CT molecular complexity index is 1410. The van der Waals surface area contributed by atoms with Crippen LogP contribution in [0.1, 0.15) is 26.3 Å². The number of anilines is 2. The third kappa shape index (κ3) is 2.25. The smallest absolute Gasteiger partial charge is 0.416 e. The average molecular weight is 501 g/mol. The van der Waals surface area contributed by atoms with Crippen LogP contribution in [0.4, 0.5) is 21.1 Å². The summed E-state index contributed by atoms with van der Waals surface area (Å²) in [6.07, 6.45) is -0.943. The number of carbonyl (C=O) groups excluding carboxylic acids is 3. The van der Waals surface area contributed by atoms with Gasteiger partial charge in [-0.25, -0.2) is 14.6 Å². The minimum absolute atomic E-state index is 0.170. The van der Waals surface area contributed by atoms with Gasteiger partial charge in [-0.15, -0.1) is 0 Å². The standard InChI is InChI=1S/C22H21ClN6O6/c1-8-7-33-20(32)29(8)16-12-4-11-5-21-17(24-19(31)25-18(21)30)26-22(21)10(3)34-9(2)6-28(22)14(11)13(23)15(12)35-27-16/h4,8-10H,5-7H2,1-3H3,(H2,24,25,26,30,31)/t8-,9+,10-,21?,22+/m0/s1. The highest BCUT2D eigenvalue weighted by Crippen LogP contribution is 2.61. The van der Waals surface area contributed by atoms with Gasteiger partial charge in [0.25, 0.3) is 0 Å². The highest BCUT2D eigenvalue weighted by molar-refractivity contribution is 6.38. The van der Waals surface area contributed by atoms with Gasteiger partial charge in [-0.2, -0.15) is 0 Å². The van der Waals surface area contributed by atoms with Crippen LogP contribution in [0.15, 0.2) is 15.6 Å². The van der Waals surface area contributed by atoms with Crippen LogP contribution in [0.2, 0.25) is 5.02 Å². The lowest BCUT2D eigenvalue weighted by atomic mass is 9.58. The van der Waals surface area contributed by atoms with Crippen LogP contribution in [0.25, 0.3) is 11.0 Å². The summed E-state index contributed by atoms with van der Waals surface area (Å²) in [5.74, 6) is 0.178. The van der Waals surface area contributed by atoms with E-state index < -0.39 is 35.2 Å². The number of urea groups is 1. The van der Waals surface area contributed by atoms with Gasteiger partial charge in [-0.1, -0.05) is 16.8 Å². The van der Waals surface area contributed by atoms with Crippen LogP contribution < -0.4 is 20.4 Å². The molecule has 3 fully saturated rings. The molecule has 0 aliphatic carbocycles. The Morgan fingerprint density at radius 1 is 1.20 bits per heavy atom. The largest absolute Gasteiger partial charge is 0.447 e. The molecule has 1 unspecified atom stereocenters. The first-order valence-corrected chi connectivity index (χ1v) is 11.8. The Morgan fingerprint density at radius 2 is 2.00 bits per heavy atom. The van der Waals surface area contributed by atoms with Crippen molar-refractivity contribution < 1.29 is 28.4 Å². The van der Waals surface area contributed by atoms with E-state index in [4.69, 9.17) is 30.6 Å². The molecule has 5 atom stereocenters. The summed E-state index contributed by atoms with van der Waals surface area (Å²) in [4.78, 5) is 46.2. The normalized spacial score (nSPS) is 35.3.